The van der Waals surface area contributed by atoms with Crippen molar-refractivity contribution in [3.8, 4) is 0 Å². The molecule has 1 atom stereocenters. The number of carbonyl (C=O) groups is 1. The van der Waals surface area contributed by atoms with Crippen LogP contribution in [0.5, 0.6) is 0 Å². The van der Waals surface area contributed by atoms with Crippen LogP contribution in [-0.4, -0.2) is 49.1 Å². The minimum atomic E-state index is -3.48. The molecule has 142 valence electrons. The number of likely N-dealkylation sites (tertiary alicyclic amines) is 1. The lowest BCUT2D eigenvalue weighted by molar-refractivity contribution is -0.134. The summed E-state index contributed by atoms with van der Waals surface area (Å²) >= 11 is 0. The second-order valence-electron chi connectivity index (χ2n) is 7.15. The predicted octanol–water partition coefficient (Wildman–Crippen LogP) is 2.28. The summed E-state index contributed by atoms with van der Waals surface area (Å²) in [5.41, 5.74) is 1.93. The zero-order chi connectivity index (χ0) is 18.7. The standard InChI is InChI=1S/C19H27N3O3S/c1-3-26(24,25)21-18(19(23)22-10-8-14(2)9-11-22)12-15-13-20-17-7-5-4-6-16(15)17/h4-7,13-14,18,20-21H,3,8-12H2,1-2H3/t18-/m1/s1. The first-order chi connectivity index (χ1) is 12.4. The topological polar surface area (TPSA) is 82.3 Å². The molecule has 0 radical (unpaired) electrons. The fourth-order valence-corrected chi connectivity index (χ4v) is 4.23. The number of carbonyl (C=O) groups excluding carboxylic acids is 1. The molecule has 0 bridgehead atoms. The number of aromatic nitrogens is 1. The Morgan fingerprint density at radius 1 is 1.31 bits per heavy atom. The van der Waals surface area contributed by atoms with Gasteiger partial charge < -0.3 is 9.88 Å². The van der Waals surface area contributed by atoms with Crippen LogP contribution < -0.4 is 4.72 Å². The second kappa shape index (κ2) is 7.80. The quantitative estimate of drug-likeness (QED) is 0.810. The van der Waals surface area contributed by atoms with Crippen molar-refractivity contribution < 1.29 is 13.2 Å². The highest BCUT2D eigenvalue weighted by atomic mass is 32.2. The normalized spacial score (nSPS) is 17.5. The average molecular weight is 378 g/mol. The number of fused-ring (bicyclic) bond motifs is 1. The number of nitrogens with zero attached hydrogens (tertiary/aromatic N) is 1. The molecule has 0 unspecified atom stereocenters. The maximum absolute atomic E-state index is 13.0. The Balaban J connectivity index is 1.84. The Labute approximate surface area is 155 Å². The van der Waals surface area contributed by atoms with E-state index in [0.717, 1.165) is 29.3 Å². The van der Waals surface area contributed by atoms with E-state index in [-0.39, 0.29) is 11.7 Å². The highest BCUT2D eigenvalue weighted by Gasteiger charge is 2.30. The smallest absolute Gasteiger partial charge is 0.241 e. The number of sulfonamides is 1. The first-order valence-electron chi connectivity index (χ1n) is 9.23. The van der Waals surface area contributed by atoms with E-state index in [0.29, 0.717) is 25.4 Å². The molecule has 3 rings (SSSR count). The monoisotopic (exact) mass is 377 g/mol. The van der Waals surface area contributed by atoms with Gasteiger partial charge in [0.25, 0.3) is 0 Å². The van der Waals surface area contributed by atoms with Crippen LogP contribution in [0.2, 0.25) is 0 Å². The van der Waals surface area contributed by atoms with Gasteiger partial charge in [-0.05, 0) is 43.7 Å². The summed E-state index contributed by atoms with van der Waals surface area (Å²) in [6.45, 7) is 5.15. The first kappa shape index (κ1) is 18.9. The Hall–Kier alpha value is -1.86. The molecule has 1 aromatic carbocycles. The van der Waals surface area contributed by atoms with E-state index in [1.54, 1.807) is 11.8 Å². The molecule has 1 fully saturated rings. The van der Waals surface area contributed by atoms with Crippen LogP contribution in [0.4, 0.5) is 0 Å². The number of H-pyrrole nitrogens is 1. The van der Waals surface area contributed by atoms with Gasteiger partial charge in [-0.1, -0.05) is 25.1 Å². The van der Waals surface area contributed by atoms with Crippen molar-refractivity contribution in [2.45, 2.75) is 39.2 Å². The molecule has 1 amide bonds. The van der Waals surface area contributed by atoms with E-state index >= 15 is 0 Å². The number of hydrogen-bond donors (Lipinski definition) is 2. The number of benzene rings is 1. The van der Waals surface area contributed by atoms with Crippen LogP contribution in [0.1, 0.15) is 32.3 Å². The number of piperidine rings is 1. The fourth-order valence-electron chi connectivity index (χ4n) is 3.45. The fraction of sp³-hybridized carbons (Fsp3) is 0.526. The maximum Gasteiger partial charge on any atom is 0.241 e. The Morgan fingerprint density at radius 2 is 2.00 bits per heavy atom. The lowest BCUT2D eigenvalue weighted by atomic mass is 9.98. The molecule has 1 aromatic heterocycles. The molecule has 1 aliphatic rings. The number of para-hydroxylation sites is 1. The molecular formula is C19H27N3O3S. The summed E-state index contributed by atoms with van der Waals surface area (Å²) in [7, 11) is -3.48. The minimum absolute atomic E-state index is 0.0400. The molecule has 2 heterocycles. The van der Waals surface area contributed by atoms with Crippen LogP contribution >= 0.6 is 0 Å². The highest BCUT2D eigenvalue weighted by molar-refractivity contribution is 7.89. The molecular weight excluding hydrogens is 350 g/mol. The van der Waals surface area contributed by atoms with Gasteiger partial charge in [0.1, 0.15) is 6.04 Å². The summed E-state index contributed by atoms with van der Waals surface area (Å²) in [6, 6.07) is 7.07. The van der Waals surface area contributed by atoms with Gasteiger partial charge >= 0.3 is 0 Å². The molecule has 7 heteroatoms. The van der Waals surface area contributed by atoms with E-state index in [4.69, 9.17) is 0 Å². The van der Waals surface area contributed by atoms with Crippen LogP contribution in [0.3, 0.4) is 0 Å². The van der Waals surface area contributed by atoms with E-state index in [9.17, 15) is 13.2 Å². The third-order valence-electron chi connectivity index (χ3n) is 5.19. The van der Waals surface area contributed by atoms with Gasteiger partial charge in [0.15, 0.2) is 0 Å². The summed E-state index contributed by atoms with van der Waals surface area (Å²) in [5, 5.41) is 1.02. The SMILES string of the molecule is CCS(=O)(=O)N[C@H](Cc1c[nH]c2ccccc12)C(=O)N1CCC(C)CC1. The molecule has 1 saturated heterocycles. The lowest BCUT2D eigenvalue weighted by Crippen LogP contribution is -2.51. The summed E-state index contributed by atoms with van der Waals surface area (Å²) in [5.74, 6) is 0.444. The predicted molar refractivity (Wildman–Crippen MR) is 103 cm³/mol. The summed E-state index contributed by atoms with van der Waals surface area (Å²) < 4.78 is 26.9. The van der Waals surface area contributed by atoms with Crippen molar-refractivity contribution in [1.29, 1.82) is 0 Å². The van der Waals surface area contributed by atoms with E-state index in [2.05, 4.69) is 16.6 Å². The number of rotatable bonds is 6. The molecule has 0 saturated carbocycles. The molecule has 26 heavy (non-hydrogen) atoms. The third-order valence-corrected chi connectivity index (χ3v) is 6.60. The second-order valence-corrected chi connectivity index (χ2v) is 9.19. The number of nitrogens with one attached hydrogen (secondary N) is 2. The Morgan fingerprint density at radius 3 is 2.69 bits per heavy atom. The van der Waals surface area contributed by atoms with Gasteiger partial charge in [0.05, 0.1) is 5.75 Å². The number of hydrogen-bond acceptors (Lipinski definition) is 3. The van der Waals surface area contributed by atoms with Gasteiger partial charge in [0, 0.05) is 30.2 Å². The van der Waals surface area contributed by atoms with Gasteiger partial charge in [-0.3, -0.25) is 4.79 Å². The molecule has 6 nitrogen and oxygen atoms in total. The lowest BCUT2D eigenvalue weighted by Gasteiger charge is -2.33. The van der Waals surface area contributed by atoms with Gasteiger partial charge in [0.2, 0.25) is 15.9 Å². The van der Waals surface area contributed by atoms with Crippen molar-refractivity contribution in [3.63, 3.8) is 0 Å². The largest absolute Gasteiger partial charge is 0.361 e. The van der Waals surface area contributed by atoms with Crippen molar-refractivity contribution in [2.75, 3.05) is 18.8 Å². The first-order valence-corrected chi connectivity index (χ1v) is 10.9. The van der Waals surface area contributed by atoms with Gasteiger partial charge in [-0.25, -0.2) is 13.1 Å². The van der Waals surface area contributed by atoms with Crippen molar-refractivity contribution in [2.24, 2.45) is 5.92 Å². The average Bonchev–Trinajstić information content (AvgIpc) is 3.04. The molecule has 0 spiro atoms. The molecule has 1 aliphatic heterocycles. The van der Waals surface area contributed by atoms with Crippen LogP contribution in [-0.2, 0) is 21.2 Å². The number of amides is 1. The molecule has 2 aromatic rings. The van der Waals surface area contributed by atoms with Gasteiger partial charge in [-0.2, -0.15) is 0 Å². The Kier molecular flexibility index (Phi) is 5.67. The minimum Gasteiger partial charge on any atom is -0.361 e. The highest BCUT2D eigenvalue weighted by Crippen LogP contribution is 2.21. The van der Waals surface area contributed by atoms with Crippen molar-refractivity contribution >= 4 is 26.8 Å². The summed E-state index contributed by atoms with van der Waals surface area (Å²) in [4.78, 5) is 18.0. The van der Waals surface area contributed by atoms with Crippen LogP contribution in [0, 0.1) is 5.92 Å². The third kappa shape index (κ3) is 4.27. The van der Waals surface area contributed by atoms with Crippen molar-refractivity contribution in [3.05, 3.63) is 36.0 Å². The van der Waals surface area contributed by atoms with E-state index in [1.807, 2.05) is 30.5 Å². The maximum atomic E-state index is 13.0. The van der Waals surface area contributed by atoms with Gasteiger partial charge in [-0.15, -0.1) is 0 Å². The van der Waals surface area contributed by atoms with Crippen molar-refractivity contribution in [1.82, 2.24) is 14.6 Å². The number of aromatic amines is 1. The molecule has 2 N–H and O–H groups in total. The summed E-state index contributed by atoms with van der Waals surface area (Å²) in [6.07, 6.45) is 4.13. The van der Waals surface area contributed by atoms with E-state index < -0.39 is 16.1 Å². The Bertz CT molecular complexity index is 867. The zero-order valence-electron chi connectivity index (χ0n) is 15.4. The van der Waals surface area contributed by atoms with Crippen LogP contribution in [0.15, 0.2) is 30.5 Å². The van der Waals surface area contributed by atoms with Crippen LogP contribution in [0.25, 0.3) is 10.9 Å². The zero-order valence-corrected chi connectivity index (χ0v) is 16.2. The van der Waals surface area contributed by atoms with E-state index in [1.165, 1.54) is 0 Å². The molecule has 0 aliphatic carbocycles.